The molecule has 0 heterocycles. The van der Waals surface area contributed by atoms with Crippen LogP contribution in [0.15, 0.2) is 72.8 Å². The molecule has 0 aliphatic heterocycles. The predicted octanol–water partition coefficient (Wildman–Crippen LogP) is 7.76. The van der Waals surface area contributed by atoms with Crippen molar-refractivity contribution in [3.63, 3.8) is 0 Å². The summed E-state index contributed by atoms with van der Waals surface area (Å²) in [7, 11) is 0. The molecule has 0 radical (unpaired) electrons. The molecule has 3 aromatic carbocycles. The topological polar surface area (TPSA) is 3.24 Å². The van der Waals surface area contributed by atoms with Crippen LogP contribution in [-0.4, -0.2) is 0 Å². The molecule has 0 bridgehead atoms. The highest BCUT2D eigenvalue weighted by Gasteiger charge is 2.22. The fraction of sp³-hybridized carbons (Fsp3) is 0.182. The first-order valence-corrected chi connectivity index (χ1v) is 9.03. The van der Waals surface area contributed by atoms with Crippen molar-refractivity contribution >= 4 is 40.3 Å². The van der Waals surface area contributed by atoms with Crippen LogP contribution >= 0.6 is 23.2 Å². The molecule has 1 nitrogen and oxygen atoms in total. The lowest BCUT2D eigenvalue weighted by Gasteiger charge is -2.29. The van der Waals surface area contributed by atoms with E-state index in [9.17, 15) is 0 Å². The number of para-hydroxylation sites is 2. The van der Waals surface area contributed by atoms with E-state index in [-0.39, 0.29) is 5.41 Å². The van der Waals surface area contributed by atoms with Crippen molar-refractivity contribution in [3.8, 4) is 0 Å². The highest BCUT2D eigenvalue weighted by molar-refractivity contribution is 6.44. The van der Waals surface area contributed by atoms with Crippen molar-refractivity contribution in [2.75, 3.05) is 4.90 Å². The fourth-order valence-corrected chi connectivity index (χ4v) is 3.16. The molecule has 3 heteroatoms. The monoisotopic (exact) mass is 369 g/mol. The van der Waals surface area contributed by atoms with Crippen LogP contribution in [0, 0.1) is 0 Å². The summed E-state index contributed by atoms with van der Waals surface area (Å²) in [5.41, 5.74) is 4.09. The third-order valence-electron chi connectivity index (χ3n) is 4.14. The third-order valence-corrected chi connectivity index (χ3v) is 4.94. The molecule has 0 atom stereocenters. The number of rotatable bonds is 3. The van der Waals surface area contributed by atoms with Gasteiger partial charge in [-0.1, -0.05) is 80.4 Å². The van der Waals surface area contributed by atoms with Gasteiger partial charge < -0.3 is 4.90 Å². The smallest absolute Gasteiger partial charge is 0.0833 e. The minimum absolute atomic E-state index is 0.0258. The summed E-state index contributed by atoms with van der Waals surface area (Å²) in [6.45, 7) is 6.52. The summed E-state index contributed by atoms with van der Waals surface area (Å²) >= 11 is 13.1. The number of benzene rings is 3. The Hall–Kier alpha value is -1.96. The number of anilines is 3. The second-order valence-electron chi connectivity index (χ2n) is 7.05. The van der Waals surface area contributed by atoms with Crippen molar-refractivity contribution < 1.29 is 0 Å². The molecule has 0 aliphatic carbocycles. The zero-order chi connectivity index (χ0) is 18.0. The Balaban J connectivity index is 2.26. The second-order valence-corrected chi connectivity index (χ2v) is 7.83. The van der Waals surface area contributed by atoms with Gasteiger partial charge in [0.25, 0.3) is 0 Å². The first-order chi connectivity index (χ1) is 11.9. The van der Waals surface area contributed by atoms with Gasteiger partial charge in [0, 0.05) is 11.4 Å². The summed E-state index contributed by atoms with van der Waals surface area (Å²) in [5.74, 6) is 0. The van der Waals surface area contributed by atoms with Gasteiger partial charge in [0.05, 0.1) is 15.7 Å². The molecule has 25 heavy (non-hydrogen) atoms. The second kappa shape index (κ2) is 7.11. The highest BCUT2D eigenvalue weighted by Crippen LogP contribution is 2.43. The molecule has 3 rings (SSSR count). The van der Waals surface area contributed by atoms with Crippen molar-refractivity contribution in [3.05, 3.63) is 88.4 Å². The van der Waals surface area contributed by atoms with E-state index in [1.54, 1.807) is 0 Å². The van der Waals surface area contributed by atoms with E-state index in [1.165, 1.54) is 0 Å². The fourth-order valence-electron chi connectivity index (χ4n) is 2.75. The average Bonchev–Trinajstić information content (AvgIpc) is 2.60. The minimum Gasteiger partial charge on any atom is -0.309 e. The van der Waals surface area contributed by atoms with E-state index in [2.05, 4.69) is 56.0 Å². The van der Waals surface area contributed by atoms with Crippen LogP contribution < -0.4 is 4.90 Å². The maximum Gasteiger partial charge on any atom is 0.0833 e. The van der Waals surface area contributed by atoms with E-state index < -0.39 is 0 Å². The van der Waals surface area contributed by atoms with Gasteiger partial charge in [-0.25, -0.2) is 0 Å². The molecule has 3 aromatic rings. The number of hydrogen-bond donors (Lipinski definition) is 0. The van der Waals surface area contributed by atoms with Gasteiger partial charge in [0.1, 0.15) is 0 Å². The molecule has 0 N–H and O–H groups in total. The Morgan fingerprint density at radius 2 is 1.20 bits per heavy atom. The largest absolute Gasteiger partial charge is 0.309 e. The molecule has 0 aliphatic rings. The molecule has 0 saturated heterocycles. The van der Waals surface area contributed by atoms with Crippen molar-refractivity contribution in [1.82, 2.24) is 0 Å². The van der Waals surface area contributed by atoms with E-state index in [1.807, 2.05) is 42.5 Å². The number of halogens is 2. The van der Waals surface area contributed by atoms with E-state index in [4.69, 9.17) is 23.2 Å². The Bertz CT molecular complexity index is 813. The van der Waals surface area contributed by atoms with Crippen molar-refractivity contribution in [2.45, 2.75) is 26.2 Å². The third kappa shape index (κ3) is 3.84. The molecule has 128 valence electrons. The van der Waals surface area contributed by atoms with Gasteiger partial charge in [0.15, 0.2) is 0 Å². The molecule has 0 saturated carbocycles. The van der Waals surface area contributed by atoms with E-state index in [0.717, 1.165) is 22.6 Å². The van der Waals surface area contributed by atoms with Gasteiger partial charge >= 0.3 is 0 Å². The Kier molecular flexibility index (Phi) is 5.08. The highest BCUT2D eigenvalue weighted by atomic mass is 35.5. The maximum atomic E-state index is 6.64. The summed E-state index contributed by atoms with van der Waals surface area (Å²) in [6, 6.07) is 24.5. The lowest BCUT2D eigenvalue weighted by molar-refractivity contribution is 0.590. The normalized spacial score (nSPS) is 11.4. The summed E-state index contributed by atoms with van der Waals surface area (Å²) in [4.78, 5) is 2.14. The SMILES string of the molecule is CC(C)(C)c1cc(Cl)c(Cl)c(N(c2ccccc2)c2ccccc2)c1. The van der Waals surface area contributed by atoms with Gasteiger partial charge in [-0.2, -0.15) is 0 Å². The Morgan fingerprint density at radius 3 is 1.64 bits per heavy atom. The molecule has 0 aromatic heterocycles. The zero-order valence-electron chi connectivity index (χ0n) is 14.6. The molecular formula is C22H21Cl2N. The summed E-state index contributed by atoms with van der Waals surface area (Å²) < 4.78 is 0. The Morgan fingerprint density at radius 1 is 0.720 bits per heavy atom. The van der Waals surface area contributed by atoms with E-state index >= 15 is 0 Å². The first kappa shape index (κ1) is 17.8. The van der Waals surface area contributed by atoms with Crippen molar-refractivity contribution in [1.29, 1.82) is 0 Å². The van der Waals surface area contributed by atoms with Crippen LogP contribution in [0.1, 0.15) is 26.3 Å². The quantitative estimate of drug-likeness (QED) is 0.455. The van der Waals surface area contributed by atoms with Crippen LogP contribution in [-0.2, 0) is 5.41 Å². The van der Waals surface area contributed by atoms with Gasteiger partial charge in [-0.05, 0) is 47.4 Å². The molecule has 0 amide bonds. The average molecular weight is 370 g/mol. The van der Waals surface area contributed by atoms with Crippen LogP contribution in [0.3, 0.4) is 0 Å². The van der Waals surface area contributed by atoms with Crippen molar-refractivity contribution in [2.24, 2.45) is 0 Å². The maximum absolute atomic E-state index is 6.64. The zero-order valence-corrected chi connectivity index (χ0v) is 16.1. The number of hydrogen-bond acceptors (Lipinski definition) is 1. The molecular weight excluding hydrogens is 349 g/mol. The standard InChI is InChI=1S/C22H21Cl2N/c1-22(2,3)16-14-19(23)21(24)20(15-16)25(17-10-6-4-7-11-17)18-12-8-5-9-13-18/h4-15H,1-3H3. The predicted molar refractivity (Wildman–Crippen MR) is 110 cm³/mol. The number of nitrogens with zero attached hydrogens (tertiary/aromatic N) is 1. The summed E-state index contributed by atoms with van der Waals surface area (Å²) in [6.07, 6.45) is 0. The van der Waals surface area contributed by atoms with Crippen LogP contribution in [0.5, 0.6) is 0 Å². The van der Waals surface area contributed by atoms with E-state index in [0.29, 0.717) is 10.0 Å². The first-order valence-electron chi connectivity index (χ1n) is 8.27. The molecule has 0 unspecified atom stereocenters. The van der Waals surface area contributed by atoms with Gasteiger partial charge in [0.2, 0.25) is 0 Å². The van der Waals surface area contributed by atoms with Gasteiger partial charge in [-0.3, -0.25) is 0 Å². The van der Waals surface area contributed by atoms with Crippen LogP contribution in [0.2, 0.25) is 10.0 Å². The molecule has 0 fully saturated rings. The Labute approximate surface area is 159 Å². The lowest BCUT2D eigenvalue weighted by Crippen LogP contribution is -2.15. The minimum atomic E-state index is -0.0258. The lowest BCUT2D eigenvalue weighted by atomic mass is 9.86. The molecule has 0 spiro atoms. The van der Waals surface area contributed by atoms with Crippen LogP contribution in [0.4, 0.5) is 17.1 Å². The van der Waals surface area contributed by atoms with Crippen LogP contribution in [0.25, 0.3) is 0 Å². The van der Waals surface area contributed by atoms with Gasteiger partial charge in [-0.15, -0.1) is 0 Å². The summed E-state index contributed by atoms with van der Waals surface area (Å²) in [5, 5.41) is 1.13.